The Bertz CT molecular complexity index is 862. The number of nitrogens with one attached hydrogen (secondary N) is 2. The van der Waals surface area contributed by atoms with Crippen molar-refractivity contribution in [3.05, 3.63) is 16.5 Å². The van der Waals surface area contributed by atoms with Crippen LogP contribution in [0.4, 0.5) is 0 Å². The number of thiophene rings is 1. The first kappa shape index (κ1) is 21.5. The van der Waals surface area contributed by atoms with E-state index in [1.165, 1.54) is 9.21 Å². The predicted molar refractivity (Wildman–Crippen MR) is 111 cm³/mol. The summed E-state index contributed by atoms with van der Waals surface area (Å²) in [6.45, 7) is 7.25. The summed E-state index contributed by atoms with van der Waals surface area (Å²) in [4.78, 5) is 14.4. The third-order valence-electron chi connectivity index (χ3n) is 5.35. The highest BCUT2D eigenvalue weighted by atomic mass is 35.5. The van der Waals surface area contributed by atoms with Crippen LogP contribution >= 0.6 is 22.9 Å². The van der Waals surface area contributed by atoms with Gasteiger partial charge >= 0.3 is 0 Å². The Balaban J connectivity index is 1.60. The maximum Gasteiger partial charge on any atom is 0.254 e. The summed E-state index contributed by atoms with van der Waals surface area (Å²) in [5.41, 5.74) is -0.728. The molecule has 2 fully saturated rings. The van der Waals surface area contributed by atoms with Crippen LogP contribution < -0.4 is 5.32 Å². The number of carbonyl (C=O) groups excluding carboxylic acids is 1. The quantitative estimate of drug-likeness (QED) is 0.702. The second kappa shape index (κ2) is 7.93. The van der Waals surface area contributed by atoms with Crippen LogP contribution in [0.15, 0.2) is 16.3 Å². The molecule has 0 aliphatic carbocycles. The van der Waals surface area contributed by atoms with Gasteiger partial charge in [-0.25, -0.2) is 8.42 Å². The monoisotopic (exact) mass is 446 g/mol. The first-order valence-corrected chi connectivity index (χ1v) is 12.1. The van der Waals surface area contributed by atoms with Crippen molar-refractivity contribution in [2.45, 2.75) is 49.8 Å². The van der Waals surface area contributed by atoms with E-state index in [-0.39, 0.29) is 22.0 Å². The minimum Gasteiger partial charge on any atom is -0.342 e. The van der Waals surface area contributed by atoms with Crippen molar-refractivity contribution in [2.24, 2.45) is 11.8 Å². The maximum atomic E-state index is 12.9. The van der Waals surface area contributed by atoms with E-state index in [1.54, 1.807) is 12.1 Å². The molecule has 0 radical (unpaired) electrons. The van der Waals surface area contributed by atoms with Gasteiger partial charge in [-0.15, -0.1) is 11.3 Å². The molecule has 0 saturated carbocycles. The SMILES string of the molecule is CC(C)CC1(C)NC(=N)N(CC2CCN(S(=O)(=O)c3ccc(Cl)s3)CC2)C1=O. The summed E-state index contributed by atoms with van der Waals surface area (Å²) >= 11 is 6.94. The van der Waals surface area contributed by atoms with Crippen molar-refractivity contribution in [1.82, 2.24) is 14.5 Å². The lowest BCUT2D eigenvalue weighted by atomic mass is 9.90. The van der Waals surface area contributed by atoms with Gasteiger partial charge in [0.15, 0.2) is 5.96 Å². The zero-order valence-electron chi connectivity index (χ0n) is 16.4. The molecule has 3 rings (SSSR count). The maximum absolute atomic E-state index is 12.9. The topological polar surface area (TPSA) is 93.6 Å². The number of halogens is 1. The fourth-order valence-corrected chi connectivity index (χ4v) is 7.17. The first-order chi connectivity index (χ1) is 13.0. The van der Waals surface area contributed by atoms with Crippen molar-refractivity contribution in [3.8, 4) is 0 Å². The highest BCUT2D eigenvalue weighted by Crippen LogP contribution is 2.32. The van der Waals surface area contributed by atoms with Gasteiger partial charge in [-0.3, -0.25) is 15.1 Å². The third-order valence-corrected chi connectivity index (χ3v) is 8.95. The van der Waals surface area contributed by atoms with Crippen LogP contribution in [-0.4, -0.2) is 54.7 Å². The minimum atomic E-state index is -3.51. The molecule has 2 aliphatic rings. The molecule has 3 heterocycles. The molecule has 1 aromatic rings. The van der Waals surface area contributed by atoms with Crippen molar-refractivity contribution in [2.75, 3.05) is 19.6 Å². The van der Waals surface area contributed by atoms with E-state index in [2.05, 4.69) is 19.2 Å². The summed E-state index contributed by atoms with van der Waals surface area (Å²) in [6, 6.07) is 3.14. The third kappa shape index (κ3) is 4.22. The van der Waals surface area contributed by atoms with Crippen molar-refractivity contribution >= 4 is 44.8 Å². The second-order valence-electron chi connectivity index (χ2n) is 8.23. The zero-order valence-corrected chi connectivity index (χ0v) is 18.8. The molecule has 1 unspecified atom stereocenters. The van der Waals surface area contributed by atoms with Crippen LogP contribution in [-0.2, 0) is 14.8 Å². The van der Waals surface area contributed by atoms with Crippen molar-refractivity contribution in [1.29, 1.82) is 5.41 Å². The Morgan fingerprint density at radius 2 is 2.00 bits per heavy atom. The first-order valence-electron chi connectivity index (χ1n) is 9.47. The summed E-state index contributed by atoms with van der Waals surface area (Å²) in [6.07, 6.45) is 2.00. The molecule has 156 valence electrons. The van der Waals surface area contributed by atoms with E-state index < -0.39 is 15.6 Å². The minimum absolute atomic E-state index is 0.0607. The van der Waals surface area contributed by atoms with Gasteiger partial charge in [0.2, 0.25) is 0 Å². The molecule has 28 heavy (non-hydrogen) atoms. The van der Waals surface area contributed by atoms with Crippen molar-refractivity contribution < 1.29 is 13.2 Å². The highest BCUT2D eigenvalue weighted by molar-refractivity contribution is 7.91. The van der Waals surface area contributed by atoms with Gasteiger partial charge in [0.25, 0.3) is 15.9 Å². The van der Waals surface area contributed by atoms with Crippen LogP contribution in [0.2, 0.25) is 4.34 Å². The molecule has 1 amide bonds. The molecule has 7 nitrogen and oxygen atoms in total. The number of nitrogens with zero attached hydrogens (tertiary/aromatic N) is 2. The van der Waals surface area contributed by atoms with Crippen LogP contribution in [0.5, 0.6) is 0 Å². The highest BCUT2D eigenvalue weighted by Gasteiger charge is 2.46. The molecule has 10 heteroatoms. The Morgan fingerprint density at radius 1 is 1.36 bits per heavy atom. The van der Waals surface area contributed by atoms with Gasteiger partial charge in [-0.2, -0.15) is 4.31 Å². The van der Waals surface area contributed by atoms with Crippen LogP contribution in [0.25, 0.3) is 0 Å². The van der Waals surface area contributed by atoms with E-state index in [9.17, 15) is 13.2 Å². The molecular formula is C18H27ClN4O3S2. The molecule has 1 atom stereocenters. The Labute approximate surface area is 175 Å². The molecule has 2 saturated heterocycles. The Hall–Kier alpha value is -1.16. The van der Waals surface area contributed by atoms with Gasteiger partial charge in [-0.05, 0) is 50.2 Å². The van der Waals surface area contributed by atoms with E-state index in [0.717, 1.165) is 11.3 Å². The number of carbonyl (C=O) groups is 1. The molecular weight excluding hydrogens is 420 g/mol. The summed E-state index contributed by atoms with van der Waals surface area (Å²) in [7, 11) is -3.51. The van der Waals surface area contributed by atoms with Crippen molar-refractivity contribution in [3.63, 3.8) is 0 Å². The molecule has 0 spiro atoms. The van der Waals surface area contributed by atoms with Gasteiger partial charge in [0.05, 0.1) is 4.34 Å². The number of hydrogen-bond donors (Lipinski definition) is 2. The van der Waals surface area contributed by atoms with E-state index in [4.69, 9.17) is 17.0 Å². The predicted octanol–water partition coefficient (Wildman–Crippen LogP) is 2.97. The average Bonchev–Trinajstić information content (AvgIpc) is 3.13. The van der Waals surface area contributed by atoms with Crippen LogP contribution in [0, 0.1) is 17.2 Å². The van der Waals surface area contributed by atoms with E-state index in [0.29, 0.717) is 49.2 Å². The van der Waals surface area contributed by atoms with Gasteiger partial charge in [-0.1, -0.05) is 25.4 Å². The smallest absolute Gasteiger partial charge is 0.254 e. The summed E-state index contributed by atoms with van der Waals surface area (Å²) < 4.78 is 27.6. The number of amides is 1. The number of hydrogen-bond acceptors (Lipinski definition) is 5. The second-order valence-corrected chi connectivity index (χ2v) is 12.1. The summed E-state index contributed by atoms with van der Waals surface area (Å²) in [5.74, 6) is 0.602. The average molecular weight is 447 g/mol. The number of guanidine groups is 1. The number of sulfonamides is 1. The van der Waals surface area contributed by atoms with E-state index in [1.807, 2.05) is 6.92 Å². The molecule has 2 aliphatic heterocycles. The largest absolute Gasteiger partial charge is 0.342 e. The summed E-state index contributed by atoms with van der Waals surface area (Å²) in [5, 5.41) is 11.2. The normalized spacial score (nSPS) is 25.0. The zero-order chi connectivity index (χ0) is 20.7. The molecule has 0 bridgehead atoms. The van der Waals surface area contributed by atoms with Crippen LogP contribution in [0.3, 0.4) is 0 Å². The molecule has 0 aromatic carbocycles. The lowest BCUT2D eigenvalue weighted by Crippen LogP contribution is -2.46. The molecule has 1 aromatic heterocycles. The van der Waals surface area contributed by atoms with Gasteiger partial charge in [0, 0.05) is 19.6 Å². The van der Waals surface area contributed by atoms with Gasteiger partial charge < -0.3 is 5.32 Å². The number of rotatable bonds is 6. The lowest BCUT2D eigenvalue weighted by molar-refractivity contribution is -0.131. The van der Waals surface area contributed by atoms with Gasteiger partial charge in [0.1, 0.15) is 9.75 Å². The Morgan fingerprint density at radius 3 is 2.54 bits per heavy atom. The van der Waals surface area contributed by atoms with E-state index >= 15 is 0 Å². The fourth-order valence-electron chi connectivity index (χ4n) is 4.06. The standard InChI is InChI=1S/C18H27ClN4O3S2/c1-12(2)10-18(3)16(24)23(17(20)21-18)11-13-6-8-22(9-7-13)28(25,26)15-5-4-14(19)27-15/h4-5,12-13H,6-11H2,1-3H3,(H2,20,21). The fraction of sp³-hybridized carbons (Fsp3) is 0.667. The Kier molecular flexibility index (Phi) is 6.10. The number of piperidine rings is 1. The van der Waals surface area contributed by atoms with Crippen LogP contribution in [0.1, 0.15) is 40.0 Å². The molecule has 2 N–H and O–H groups in total. The lowest BCUT2D eigenvalue weighted by Gasteiger charge is -2.32.